The molecule has 0 radical (unpaired) electrons. The first kappa shape index (κ1) is 15.7. The van der Waals surface area contributed by atoms with Crippen molar-refractivity contribution >= 4 is 5.91 Å². The Morgan fingerprint density at radius 3 is 2.68 bits per heavy atom. The van der Waals surface area contributed by atoms with Crippen LogP contribution < -0.4 is 5.32 Å². The molecule has 4 heteroatoms. The van der Waals surface area contributed by atoms with Crippen molar-refractivity contribution in [2.24, 2.45) is 5.92 Å². The Morgan fingerprint density at radius 2 is 2.05 bits per heavy atom. The van der Waals surface area contributed by atoms with Crippen LogP contribution in [0.1, 0.15) is 36.2 Å². The standard InChI is InChI=1S/C15H23NO3/c1-11(8-12(2)17)9-16-15(18)14-7-5-4-6-13(14)10-19-3/h4-7,11-12,17H,8-10H2,1-3H3,(H,16,18). The maximum absolute atomic E-state index is 12.1. The summed E-state index contributed by atoms with van der Waals surface area (Å²) in [6.07, 6.45) is 0.340. The number of aliphatic hydroxyl groups is 1. The van der Waals surface area contributed by atoms with Gasteiger partial charge in [0.05, 0.1) is 12.7 Å². The molecule has 0 aromatic heterocycles. The fourth-order valence-corrected chi connectivity index (χ4v) is 2.05. The highest BCUT2D eigenvalue weighted by Gasteiger charge is 2.12. The third kappa shape index (κ3) is 5.41. The lowest BCUT2D eigenvalue weighted by Crippen LogP contribution is -2.30. The Labute approximate surface area is 114 Å². The summed E-state index contributed by atoms with van der Waals surface area (Å²) in [6, 6.07) is 7.41. The third-order valence-electron chi connectivity index (χ3n) is 2.92. The van der Waals surface area contributed by atoms with Crippen LogP contribution in [0.3, 0.4) is 0 Å². The van der Waals surface area contributed by atoms with Crippen molar-refractivity contribution in [3.05, 3.63) is 35.4 Å². The van der Waals surface area contributed by atoms with E-state index in [1.807, 2.05) is 25.1 Å². The minimum absolute atomic E-state index is 0.0925. The van der Waals surface area contributed by atoms with Crippen molar-refractivity contribution in [2.45, 2.75) is 33.0 Å². The van der Waals surface area contributed by atoms with Crippen molar-refractivity contribution in [2.75, 3.05) is 13.7 Å². The number of ether oxygens (including phenoxy) is 1. The van der Waals surface area contributed by atoms with Crippen molar-refractivity contribution in [1.29, 1.82) is 0 Å². The summed E-state index contributed by atoms with van der Waals surface area (Å²) >= 11 is 0. The van der Waals surface area contributed by atoms with Crippen LogP contribution in [0.15, 0.2) is 24.3 Å². The summed E-state index contributed by atoms with van der Waals surface area (Å²) in [5, 5.41) is 12.2. The number of hydrogen-bond donors (Lipinski definition) is 2. The summed E-state index contributed by atoms with van der Waals surface area (Å²) in [5.74, 6) is 0.156. The number of amides is 1. The van der Waals surface area contributed by atoms with Crippen LogP contribution >= 0.6 is 0 Å². The highest BCUT2D eigenvalue weighted by atomic mass is 16.5. The summed E-state index contributed by atoms with van der Waals surface area (Å²) in [4.78, 5) is 12.1. The normalized spacial score (nSPS) is 13.9. The Balaban J connectivity index is 2.58. The second-order valence-electron chi connectivity index (χ2n) is 4.99. The average Bonchev–Trinajstić information content (AvgIpc) is 2.36. The molecule has 2 unspecified atom stereocenters. The first-order chi connectivity index (χ1) is 9.04. The molecule has 0 aliphatic carbocycles. The molecule has 1 aromatic rings. The largest absolute Gasteiger partial charge is 0.393 e. The van der Waals surface area contributed by atoms with Crippen LogP contribution in [-0.4, -0.2) is 30.8 Å². The van der Waals surface area contributed by atoms with E-state index in [1.165, 1.54) is 0 Å². The second kappa shape index (κ2) is 7.92. The molecule has 0 spiro atoms. The van der Waals surface area contributed by atoms with E-state index in [0.717, 1.165) is 5.56 Å². The van der Waals surface area contributed by atoms with Crippen molar-refractivity contribution in [1.82, 2.24) is 5.32 Å². The zero-order chi connectivity index (χ0) is 14.3. The van der Waals surface area contributed by atoms with Crippen LogP contribution in [0.4, 0.5) is 0 Å². The zero-order valence-electron chi connectivity index (χ0n) is 11.8. The van der Waals surface area contributed by atoms with Gasteiger partial charge in [-0.1, -0.05) is 25.1 Å². The second-order valence-corrected chi connectivity index (χ2v) is 4.99. The van der Waals surface area contributed by atoms with Gasteiger partial charge in [-0.2, -0.15) is 0 Å². The smallest absolute Gasteiger partial charge is 0.251 e. The molecule has 1 amide bonds. The first-order valence-corrected chi connectivity index (χ1v) is 6.57. The third-order valence-corrected chi connectivity index (χ3v) is 2.92. The van der Waals surface area contributed by atoms with E-state index in [9.17, 15) is 9.90 Å². The molecule has 4 nitrogen and oxygen atoms in total. The molecule has 1 aromatic carbocycles. The minimum atomic E-state index is -0.340. The molecule has 0 saturated heterocycles. The molecular weight excluding hydrogens is 242 g/mol. The number of methoxy groups -OCH3 is 1. The lowest BCUT2D eigenvalue weighted by molar-refractivity contribution is 0.0934. The average molecular weight is 265 g/mol. The van der Waals surface area contributed by atoms with Gasteiger partial charge >= 0.3 is 0 Å². The zero-order valence-corrected chi connectivity index (χ0v) is 11.8. The first-order valence-electron chi connectivity index (χ1n) is 6.57. The van der Waals surface area contributed by atoms with E-state index in [4.69, 9.17) is 4.74 Å². The van der Waals surface area contributed by atoms with Gasteiger partial charge in [0.1, 0.15) is 0 Å². The maximum Gasteiger partial charge on any atom is 0.251 e. The van der Waals surface area contributed by atoms with Gasteiger partial charge in [-0.05, 0) is 30.9 Å². The van der Waals surface area contributed by atoms with Crippen LogP contribution in [0.2, 0.25) is 0 Å². The van der Waals surface area contributed by atoms with Crippen LogP contribution in [0.25, 0.3) is 0 Å². The molecule has 106 valence electrons. The van der Waals surface area contributed by atoms with Gasteiger partial charge in [0.15, 0.2) is 0 Å². The molecule has 1 rings (SSSR count). The Bertz CT molecular complexity index is 404. The lowest BCUT2D eigenvalue weighted by Gasteiger charge is -2.15. The quantitative estimate of drug-likeness (QED) is 0.792. The fourth-order valence-electron chi connectivity index (χ4n) is 2.05. The molecule has 0 aliphatic rings. The number of carbonyl (C=O) groups excluding carboxylic acids is 1. The van der Waals surface area contributed by atoms with Gasteiger partial charge < -0.3 is 15.2 Å². The van der Waals surface area contributed by atoms with Crippen LogP contribution in [0.5, 0.6) is 0 Å². The number of aliphatic hydroxyl groups excluding tert-OH is 1. The molecule has 0 heterocycles. The van der Waals surface area contributed by atoms with Gasteiger partial charge in [-0.25, -0.2) is 0 Å². The van der Waals surface area contributed by atoms with E-state index in [1.54, 1.807) is 20.1 Å². The van der Waals surface area contributed by atoms with Crippen molar-refractivity contribution in [3.8, 4) is 0 Å². The Morgan fingerprint density at radius 1 is 1.37 bits per heavy atom. The van der Waals surface area contributed by atoms with E-state index >= 15 is 0 Å². The molecule has 0 saturated carbocycles. The van der Waals surface area contributed by atoms with Crippen LogP contribution in [0, 0.1) is 5.92 Å². The topological polar surface area (TPSA) is 58.6 Å². The predicted molar refractivity (Wildman–Crippen MR) is 75.0 cm³/mol. The Kier molecular flexibility index (Phi) is 6.53. The summed E-state index contributed by atoms with van der Waals surface area (Å²) in [7, 11) is 1.61. The predicted octanol–water partition coefficient (Wildman–Crippen LogP) is 1.97. The number of carbonyl (C=O) groups is 1. The van der Waals surface area contributed by atoms with E-state index < -0.39 is 0 Å². The monoisotopic (exact) mass is 265 g/mol. The number of rotatable bonds is 7. The van der Waals surface area contributed by atoms with Gasteiger partial charge in [0.2, 0.25) is 0 Å². The van der Waals surface area contributed by atoms with Gasteiger partial charge in [0.25, 0.3) is 5.91 Å². The molecule has 2 atom stereocenters. The molecule has 0 fully saturated rings. The van der Waals surface area contributed by atoms with Crippen LogP contribution in [-0.2, 0) is 11.3 Å². The van der Waals surface area contributed by atoms with E-state index in [2.05, 4.69) is 5.32 Å². The SMILES string of the molecule is COCc1ccccc1C(=O)NCC(C)CC(C)O. The van der Waals surface area contributed by atoms with Gasteiger partial charge in [-0.15, -0.1) is 0 Å². The minimum Gasteiger partial charge on any atom is -0.393 e. The highest BCUT2D eigenvalue weighted by Crippen LogP contribution is 2.10. The number of hydrogen-bond acceptors (Lipinski definition) is 3. The molecule has 19 heavy (non-hydrogen) atoms. The molecule has 0 aliphatic heterocycles. The highest BCUT2D eigenvalue weighted by molar-refractivity contribution is 5.95. The number of nitrogens with one attached hydrogen (secondary N) is 1. The van der Waals surface area contributed by atoms with Gasteiger partial charge in [0, 0.05) is 19.2 Å². The summed E-state index contributed by atoms with van der Waals surface area (Å²) in [6.45, 7) is 4.75. The van der Waals surface area contributed by atoms with Crippen molar-refractivity contribution in [3.63, 3.8) is 0 Å². The van der Waals surface area contributed by atoms with E-state index in [-0.39, 0.29) is 17.9 Å². The molecular formula is C15H23NO3. The lowest BCUT2D eigenvalue weighted by atomic mass is 10.0. The van der Waals surface area contributed by atoms with E-state index in [0.29, 0.717) is 25.1 Å². The summed E-state index contributed by atoms with van der Waals surface area (Å²) in [5.41, 5.74) is 1.53. The van der Waals surface area contributed by atoms with Gasteiger partial charge in [-0.3, -0.25) is 4.79 Å². The fraction of sp³-hybridized carbons (Fsp3) is 0.533. The molecule has 0 bridgehead atoms. The summed E-state index contributed by atoms with van der Waals surface area (Å²) < 4.78 is 5.08. The Hall–Kier alpha value is -1.39. The molecule has 2 N–H and O–H groups in total. The van der Waals surface area contributed by atoms with Crippen molar-refractivity contribution < 1.29 is 14.6 Å². The number of benzene rings is 1. The maximum atomic E-state index is 12.1.